The number of esters is 1. The van der Waals surface area contributed by atoms with Crippen LogP contribution in [-0.2, 0) is 27.4 Å². The zero-order valence-electron chi connectivity index (χ0n) is 14.7. The topological polar surface area (TPSA) is 89.7 Å². The first-order valence-corrected chi connectivity index (χ1v) is 8.74. The van der Waals surface area contributed by atoms with E-state index in [0.29, 0.717) is 18.7 Å². The number of nitrogens with zero attached hydrogens (tertiary/aromatic N) is 2. The normalized spacial score (nSPS) is 16.4. The molecule has 2 aromatic carbocycles. The van der Waals surface area contributed by atoms with Gasteiger partial charge in [0.25, 0.3) is 5.69 Å². The van der Waals surface area contributed by atoms with Gasteiger partial charge in [0.1, 0.15) is 6.61 Å². The number of amides is 1. The molecule has 2 aromatic rings. The Morgan fingerprint density at radius 1 is 1.11 bits per heavy atom. The highest BCUT2D eigenvalue weighted by atomic mass is 16.6. The average molecular weight is 368 g/mol. The van der Waals surface area contributed by atoms with Gasteiger partial charge in [0.05, 0.1) is 10.8 Å². The van der Waals surface area contributed by atoms with E-state index in [2.05, 4.69) is 0 Å². The maximum atomic E-state index is 12.2. The summed E-state index contributed by atoms with van der Waals surface area (Å²) >= 11 is 0. The Hall–Kier alpha value is -3.22. The van der Waals surface area contributed by atoms with Crippen molar-refractivity contribution in [1.82, 2.24) is 4.90 Å². The van der Waals surface area contributed by atoms with Crippen LogP contribution >= 0.6 is 0 Å². The summed E-state index contributed by atoms with van der Waals surface area (Å²) < 4.78 is 5.28. The van der Waals surface area contributed by atoms with Gasteiger partial charge in [-0.25, -0.2) is 0 Å². The summed E-state index contributed by atoms with van der Waals surface area (Å²) in [6, 6.07) is 15.7. The number of nitro groups is 1. The number of hydrogen-bond donors (Lipinski definition) is 0. The van der Waals surface area contributed by atoms with Crippen LogP contribution in [0, 0.1) is 16.0 Å². The second-order valence-corrected chi connectivity index (χ2v) is 6.51. The average Bonchev–Trinajstić information content (AvgIpc) is 3.06. The van der Waals surface area contributed by atoms with E-state index in [1.807, 2.05) is 30.3 Å². The van der Waals surface area contributed by atoms with Gasteiger partial charge in [0, 0.05) is 31.6 Å². The van der Waals surface area contributed by atoms with E-state index >= 15 is 0 Å². The van der Waals surface area contributed by atoms with Crippen LogP contribution in [0.4, 0.5) is 5.69 Å². The SMILES string of the molecule is O=C(OCc1ccc([N+](=O)[O-])cc1)[C@@H]1CC(=O)N(CCc2ccccc2)C1. The molecule has 1 amide bonds. The number of likely N-dealkylation sites (tertiary alicyclic amines) is 1. The van der Waals surface area contributed by atoms with Crippen molar-refractivity contribution in [2.45, 2.75) is 19.4 Å². The van der Waals surface area contributed by atoms with Crippen molar-refractivity contribution in [3.63, 3.8) is 0 Å². The van der Waals surface area contributed by atoms with Crippen molar-refractivity contribution in [2.75, 3.05) is 13.1 Å². The summed E-state index contributed by atoms with van der Waals surface area (Å²) in [6.45, 7) is 0.977. The largest absolute Gasteiger partial charge is 0.461 e. The molecule has 1 saturated heterocycles. The number of rotatable bonds is 7. The third-order valence-corrected chi connectivity index (χ3v) is 4.59. The van der Waals surface area contributed by atoms with Crippen molar-refractivity contribution in [3.8, 4) is 0 Å². The van der Waals surface area contributed by atoms with Crippen molar-refractivity contribution in [2.24, 2.45) is 5.92 Å². The van der Waals surface area contributed by atoms with Gasteiger partial charge in [-0.2, -0.15) is 0 Å². The molecule has 0 radical (unpaired) electrons. The van der Waals surface area contributed by atoms with Crippen molar-refractivity contribution >= 4 is 17.6 Å². The van der Waals surface area contributed by atoms with Gasteiger partial charge in [-0.05, 0) is 29.7 Å². The van der Waals surface area contributed by atoms with Crippen LogP contribution in [0.25, 0.3) is 0 Å². The first-order valence-electron chi connectivity index (χ1n) is 8.74. The van der Waals surface area contributed by atoms with Gasteiger partial charge in [0.15, 0.2) is 0 Å². The Morgan fingerprint density at radius 3 is 2.48 bits per heavy atom. The van der Waals surface area contributed by atoms with E-state index in [1.165, 1.54) is 12.1 Å². The first kappa shape index (κ1) is 18.6. The van der Waals surface area contributed by atoms with Crippen molar-refractivity contribution < 1.29 is 19.2 Å². The minimum absolute atomic E-state index is 0.0134. The molecule has 7 heteroatoms. The molecule has 7 nitrogen and oxygen atoms in total. The summed E-state index contributed by atoms with van der Waals surface area (Å²) in [5.74, 6) is -0.918. The molecule has 0 N–H and O–H groups in total. The molecule has 1 fully saturated rings. The van der Waals surface area contributed by atoms with Crippen LogP contribution in [0.1, 0.15) is 17.5 Å². The molecule has 140 valence electrons. The molecule has 1 aliphatic heterocycles. The Balaban J connectivity index is 1.47. The Bertz CT molecular complexity index is 820. The second-order valence-electron chi connectivity index (χ2n) is 6.51. The van der Waals surface area contributed by atoms with E-state index in [0.717, 1.165) is 12.0 Å². The molecule has 0 bridgehead atoms. The highest BCUT2D eigenvalue weighted by Crippen LogP contribution is 2.21. The Morgan fingerprint density at radius 2 is 1.81 bits per heavy atom. The molecule has 1 heterocycles. The molecule has 0 unspecified atom stereocenters. The van der Waals surface area contributed by atoms with E-state index in [4.69, 9.17) is 4.74 Å². The van der Waals surface area contributed by atoms with Crippen LogP contribution in [0.3, 0.4) is 0 Å². The predicted octanol–water partition coefficient (Wildman–Crippen LogP) is 2.73. The molecular formula is C20H20N2O5. The summed E-state index contributed by atoms with van der Waals surface area (Å²) in [5, 5.41) is 10.6. The number of carbonyl (C=O) groups excluding carboxylic acids is 2. The molecule has 0 spiro atoms. The van der Waals surface area contributed by atoms with E-state index in [-0.39, 0.29) is 24.6 Å². The molecule has 3 rings (SSSR count). The zero-order chi connectivity index (χ0) is 19.2. The van der Waals surface area contributed by atoms with Gasteiger partial charge in [-0.1, -0.05) is 30.3 Å². The minimum Gasteiger partial charge on any atom is -0.461 e. The number of hydrogen-bond acceptors (Lipinski definition) is 5. The van der Waals surface area contributed by atoms with Gasteiger partial charge < -0.3 is 9.64 Å². The summed E-state index contributed by atoms with van der Waals surface area (Å²) in [4.78, 5) is 36.2. The van der Waals surface area contributed by atoms with E-state index in [1.54, 1.807) is 17.0 Å². The number of non-ortho nitro benzene ring substituents is 1. The van der Waals surface area contributed by atoms with Gasteiger partial charge in [-0.3, -0.25) is 19.7 Å². The highest BCUT2D eigenvalue weighted by Gasteiger charge is 2.35. The van der Waals surface area contributed by atoms with Crippen LogP contribution in [0.2, 0.25) is 0 Å². The minimum atomic E-state index is -0.482. The lowest BCUT2D eigenvalue weighted by atomic mass is 10.1. The molecular weight excluding hydrogens is 348 g/mol. The number of carbonyl (C=O) groups is 2. The summed E-state index contributed by atoms with van der Waals surface area (Å²) in [7, 11) is 0. The van der Waals surface area contributed by atoms with Crippen molar-refractivity contribution in [3.05, 3.63) is 75.8 Å². The number of ether oxygens (including phenoxy) is 1. The van der Waals surface area contributed by atoms with Gasteiger partial charge in [-0.15, -0.1) is 0 Å². The monoisotopic (exact) mass is 368 g/mol. The van der Waals surface area contributed by atoms with E-state index < -0.39 is 16.8 Å². The number of benzene rings is 2. The molecule has 1 aliphatic rings. The molecule has 0 aromatic heterocycles. The van der Waals surface area contributed by atoms with Gasteiger partial charge in [0.2, 0.25) is 5.91 Å². The van der Waals surface area contributed by atoms with Gasteiger partial charge >= 0.3 is 5.97 Å². The van der Waals surface area contributed by atoms with E-state index in [9.17, 15) is 19.7 Å². The quantitative estimate of drug-likeness (QED) is 0.426. The standard InChI is InChI=1S/C20H20N2O5/c23-19-12-17(13-21(19)11-10-15-4-2-1-3-5-15)20(24)27-14-16-6-8-18(9-7-16)22(25)26/h1-9,17H,10-14H2/t17-/m1/s1. The fraction of sp³-hybridized carbons (Fsp3) is 0.300. The zero-order valence-corrected chi connectivity index (χ0v) is 14.7. The lowest BCUT2D eigenvalue weighted by Gasteiger charge is -2.16. The Kier molecular flexibility index (Phi) is 5.80. The molecule has 0 saturated carbocycles. The summed E-state index contributed by atoms with van der Waals surface area (Å²) in [5.41, 5.74) is 1.80. The van der Waals surface area contributed by atoms with Crippen LogP contribution in [0.15, 0.2) is 54.6 Å². The van der Waals surface area contributed by atoms with Crippen molar-refractivity contribution in [1.29, 1.82) is 0 Å². The second kappa shape index (κ2) is 8.44. The van der Waals surface area contributed by atoms with Crippen LogP contribution in [0.5, 0.6) is 0 Å². The Labute approximate surface area is 156 Å². The fourth-order valence-electron chi connectivity index (χ4n) is 3.04. The maximum Gasteiger partial charge on any atom is 0.311 e. The lowest BCUT2D eigenvalue weighted by molar-refractivity contribution is -0.384. The third-order valence-electron chi connectivity index (χ3n) is 4.59. The molecule has 1 atom stereocenters. The maximum absolute atomic E-state index is 12.2. The number of nitro benzene ring substituents is 1. The lowest BCUT2D eigenvalue weighted by Crippen LogP contribution is -2.28. The summed E-state index contributed by atoms with van der Waals surface area (Å²) in [6.07, 6.45) is 0.908. The predicted molar refractivity (Wildman–Crippen MR) is 97.7 cm³/mol. The first-order chi connectivity index (χ1) is 13.0. The highest BCUT2D eigenvalue weighted by molar-refractivity contribution is 5.86. The fourth-order valence-corrected chi connectivity index (χ4v) is 3.04. The molecule has 27 heavy (non-hydrogen) atoms. The third kappa shape index (κ3) is 4.91. The molecule has 0 aliphatic carbocycles. The smallest absolute Gasteiger partial charge is 0.311 e. The van der Waals surface area contributed by atoms with Crippen LogP contribution in [-0.4, -0.2) is 34.8 Å². The van der Waals surface area contributed by atoms with Crippen LogP contribution < -0.4 is 0 Å².